The summed E-state index contributed by atoms with van der Waals surface area (Å²) in [4.78, 5) is 6.91. The number of guanidine groups is 1. The normalized spacial score (nSPS) is 17.2. The molecular formula is C19H25ClN6O. The minimum atomic E-state index is 0.0673. The van der Waals surface area contributed by atoms with Crippen LogP contribution in [0.4, 0.5) is 0 Å². The van der Waals surface area contributed by atoms with E-state index in [-0.39, 0.29) is 6.10 Å². The lowest BCUT2D eigenvalue weighted by Gasteiger charge is -2.22. The van der Waals surface area contributed by atoms with Crippen LogP contribution in [-0.4, -0.2) is 51.4 Å². The molecule has 1 atom stereocenters. The van der Waals surface area contributed by atoms with E-state index in [1.165, 1.54) is 0 Å². The molecule has 1 N–H and O–H groups in total. The number of likely N-dealkylation sites (tertiary alicyclic amines) is 1. The van der Waals surface area contributed by atoms with Crippen LogP contribution in [0.1, 0.15) is 18.1 Å². The maximum Gasteiger partial charge on any atom is 0.194 e. The lowest BCUT2D eigenvalue weighted by atomic mass is 10.3. The van der Waals surface area contributed by atoms with Gasteiger partial charge in [-0.15, -0.1) is 16.8 Å². The highest BCUT2D eigenvalue weighted by molar-refractivity contribution is 6.32. The summed E-state index contributed by atoms with van der Waals surface area (Å²) in [5, 5.41) is 12.2. The summed E-state index contributed by atoms with van der Waals surface area (Å²) in [5.41, 5.74) is 0. The second-order valence-electron chi connectivity index (χ2n) is 6.44. The van der Waals surface area contributed by atoms with Gasteiger partial charge in [-0.1, -0.05) is 29.8 Å². The summed E-state index contributed by atoms with van der Waals surface area (Å²) >= 11 is 6.20. The maximum absolute atomic E-state index is 6.20. The molecule has 0 radical (unpaired) electrons. The van der Waals surface area contributed by atoms with Crippen molar-refractivity contribution in [2.75, 3.05) is 19.6 Å². The van der Waals surface area contributed by atoms with E-state index in [0.717, 1.165) is 42.9 Å². The van der Waals surface area contributed by atoms with E-state index in [2.05, 4.69) is 27.0 Å². The van der Waals surface area contributed by atoms with Crippen LogP contribution in [0, 0.1) is 6.92 Å². The average Bonchev–Trinajstić information content (AvgIpc) is 3.25. The minimum Gasteiger partial charge on any atom is -0.487 e. The van der Waals surface area contributed by atoms with Crippen LogP contribution < -0.4 is 10.1 Å². The Balaban J connectivity index is 1.66. The molecule has 2 aromatic rings. The summed E-state index contributed by atoms with van der Waals surface area (Å²) in [6.07, 6.45) is 2.79. The predicted molar refractivity (Wildman–Crippen MR) is 107 cm³/mol. The molecule has 27 heavy (non-hydrogen) atoms. The quantitative estimate of drug-likeness (QED) is 0.468. The van der Waals surface area contributed by atoms with Crippen LogP contribution in [0.2, 0.25) is 5.02 Å². The third-order valence-electron chi connectivity index (χ3n) is 4.53. The Morgan fingerprint density at radius 1 is 1.44 bits per heavy atom. The number of aliphatic imine (C=N–C) groups is 1. The maximum atomic E-state index is 6.20. The fourth-order valence-electron chi connectivity index (χ4n) is 2.90. The molecule has 0 amide bonds. The number of halogens is 1. The van der Waals surface area contributed by atoms with E-state index >= 15 is 0 Å². The van der Waals surface area contributed by atoms with Gasteiger partial charge in [0.1, 0.15) is 24.2 Å². The van der Waals surface area contributed by atoms with E-state index < -0.39 is 0 Å². The molecule has 2 heterocycles. The van der Waals surface area contributed by atoms with Crippen LogP contribution in [0.3, 0.4) is 0 Å². The first kappa shape index (κ1) is 19.2. The number of hydrogen-bond donors (Lipinski definition) is 1. The Bertz CT molecular complexity index is 818. The number of rotatable bonds is 6. The molecule has 7 nitrogen and oxygen atoms in total. The van der Waals surface area contributed by atoms with Crippen molar-refractivity contribution < 1.29 is 4.74 Å². The molecule has 0 saturated carbocycles. The second kappa shape index (κ2) is 8.90. The van der Waals surface area contributed by atoms with Crippen molar-refractivity contribution in [3.05, 3.63) is 53.6 Å². The molecule has 1 saturated heterocycles. The molecule has 1 aliphatic heterocycles. The SMILES string of the molecule is C=CCNC(=NCc1nnc(C)n1C)N1CCC(Oc2ccccc2Cl)C1. The van der Waals surface area contributed by atoms with Gasteiger partial charge in [-0.05, 0) is 19.1 Å². The van der Waals surface area contributed by atoms with Gasteiger partial charge in [0.25, 0.3) is 0 Å². The number of aromatic nitrogens is 3. The van der Waals surface area contributed by atoms with Crippen molar-refractivity contribution in [1.82, 2.24) is 25.0 Å². The number of para-hydroxylation sites is 1. The van der Waals surface area contributed by atoms with Crippen molar-refractivity contribution in [3.8, 4) is 5.75 Å². The number of nitrogens with zero attached hydrogens (tertiary/aromatic N) is 5. The van der Waals surface area contributed by atoms with Gasteiger partial charge in [-0.3, -0.25) is 0 Å². The van der Waals surface area contributed by atoms with Gasteiger partial charge < -0.3 is 19.5 Å². The molecule has 0 spiro atoms. The number of ether oxygens (including phenoxy) is 1. The largest absolute Gasteiger partial charge is 0.487 e. The van der Waals surface area contributed by atoms with Crippen LogP contribution >= 0.6 is 11.6 Å². The predicted octanol–water partition coefficient (Wildman–Crippen LogP) is 2.56. The van der Waals surface area contributed by atoms with Crippen LogP contribution in [-0.2, 0) is 13.6 Å². The fourth-order valence-corrected chi connectivity index (χ4v) is 3.08. The topological polar surface area (TPSA) is 67.6 Å². The highest BCUT2D eigenvalue weighted by atomic mass is 35.5. The Hall–Kier alpha value is -2.54. The third kappa shape index (κ3) is 4.80. The highest BCUT2D eigenvalue weighted by Gasteiger charge is 2.27. The Kier molecular flexibility index (Phi) is 6.34. The van der Waals surface area contributed by atoms with Crippen molar-refractivity contribution in [3.63, 3.8) is 0 Å². The summed E-state index contributed by atoms with van der Waals surface area (Å²) in [7, 11) is 1.94. The lowest BCUT2D eigenvalue weighted by Crippen LogP contribution is -2.41. The van der Waals surface area contributed by atoms with Gasteiger partial charge in [0.05, 0.1) is 11.6 Å². The van der Waals surface area contributed by atoms with Gasteiger partial charge in [0.2, 0.25) is 0 Å². The van der Waals surface area contributed by atoms with Crippen molar-refractivity contribution in [2.24, 2.45) is 12.0 Å². The zero-order chi connectivity index (χ0) is 19.2. The molecule has 144 valence electrons. The van der Waals surface area contributed by atoms with Crippen molar-refractivity contribution in [2.45, 2.75) is 26.0 Å². The number of benzene rings is 1. The molecule has 1 aromatic carbocycles. The highest BCUT2D eigenvalue weighted by Crippen LogP contribution is 2.26. The molecule has 3 rings (SSSR count). The lowest BCUT2D eigenvalue weighted by molar-refractivity contribution is 0.214. The fraction of sp³-hybridized carbons (Fsp3) is 0.421. The third-order valence-corrected chi connectivity index (χ3v) is 4.84. The summed E-state index contributed by atoms with van der Waals surface area (Å²) in [6, 6.07) is 7.56. The van der Waals surface area contributed by atoms with Crippen LogP contribution in [0.15, 0.2) is 41.9 Å². The van der Waals surface area contributed by atoms with E-state index in [4.69, 9.17) is 21.3 Å². The minimum absolute atomic E-state index is 0.0673. The zero-order valence-electron chi connectivity index (χ0n) is 15.7. The summed E-state index contributed by atoms with van der Waals surface area (Å²) in [6.45, 7) is 8.40. The van der Waals surface area contributed by atoms with Crippen molar-refractivity contribution in [1.29, 1.82) is 0 Å². The van der Waals surface area contributed by atoms with Gasteiger partial charge in [-0.25, -0.2) is 4.99 Å². The number of hydrogen-bond acceptors (Lipinski definition) is 4. The Morgan fingerprint density at radius 3 is 2.96 bits per heavy atom. The first-order chi connectivity index (χ1) is 13.1. The molecule has 0 aliphatic carbocycles. The Labute approximate surface area is 164 Å². The van der Waals surface area contributed by atoms with Crippen LogP contribution in [0.25, 0.3) is 0 Å². The van der Waals surface area contributed by atoms with E-state index in [9.17, 15) is 0 Å². The van der Waals surface area contributed by atoms with Gasteiger partial charge in [0, 0.05) is 26.6 Å². The first-order valence-corrected chi connectivity index (χ1v) is 9.36. The molecule has 1 unspecified atom stereocenters. The first-order valence-electron chi connectivity index (χ1n) is 8.98. The van der Waals surface area contributed by atoms with Crippen LogP contribution in [0.5, 0.6) is 5.75 Å². The van der Waals surface area contributed by atoms with Gasteiger partial charge >= 0.3 is 0 Å². The van der Waals surface area contributed by atoms with E-state index in [1.807, 2.05) is 48.9 Å². The van der Waals surface area contributed by atoms with Gasteiger partial charge in [-0.2, -0.15) is 0 Å². The summed E-state index contributed by atoms with van der Waals surface area (Å²) in [5.74, 6) is 3.24. The molecule has 1 fully saturated rings. The monoisotopic (exact) mass is 388 g/mol. The summed E-state index contributed by atoms with van der Waals surface area (Å²) < 4.78 is 8.02. The zero-order valence-corrected chi connectivity index (χ0v) is 16.5. The number of aryl methyl sites for hydroxylation is 1. The molecule has 0 bridgehead atoms. The molecule has 1 aliphatic rings. The number of nitrogens with one attached hydrogen (secondary N) is 1. The van der Waals surface area contributed by atoms with E-state index in [0.29, 0.717) is 18.1 Å². The van der Waals surface area contributed by atoms with E-state index in [1.54, 1.807) is 0 Å². The Morgan fingerprint density at radius 2 is 2.26 bits per heavy atom. The molecular weight excluding hydrogens is 364 g/mol. The van der Waals surface area contributed by atoms with Crippen molar-refractivity contribution >= 4 is 17.6 Å². The van der Waals surface area contributed by atoms with Gasteiger partial charge in [0.15, 0.2) is 11.8 Å². The smallest absolute Gasteiger partial charge is 0.194 e. The molecule has 8 heteroatoms. The molecule has 1 aromatic heterocycles. The second-order valence-corrected chi connectivity index (χ2v) is 6.84. The standard InChI is InChI=1S/C19H25ClN6O/c1-4-10-21-19(22-12-18-24-23-14(2)25(18)3)26-11-9-15(13-26)27-17-8-6-5-7-16(17)20/h4-8,15H,1,9-13H2,2-3H3,(H,21,22). The average molecular weight is 389 g/mol.